The number of nitrogens with two attached hydrogens (primary N) is 1. The number of nitrogens with zero attached hydrogens (tertiary/aromatic N) is 1. The van der Waals surface area contributed by atoms with Crippen molar-refractivity contribution in [1.29, 1.82) is 0 Å². The number of hydrogen-bond donors (Lipinski definition) is 2. The van der Waals surface area contributed by atoms with Crippen molar-refractivity contribution in [3.05, 3.63) is 65.7 Å². The van der Waals surface area contributed by atoms with Crippen molar-refractivity contribution in [2.45, 2.75) is 6.54 Å². The minimum Gasteiger partial charge on any atom is -0.492 e. The van der Waals surface area contributed by atoms with Crippen molar-refractivity contribution >= 4 is 11.9 Å². The Labute approximate surface area is 141 Å². The molecule has 0 aliphatic heterocycles. The van der Waals surface area contributed by atoms with Gasteiger partial charge in [-0.25, -0.2) is 4.79 Å². The molecule has 0 bridgehead atoms. The summed E-state index contributed by atoms with van der Waals surface area (Å²) in [7, 11) is 1.74. The molecule has 3 amide bonds. The van der Waals surface area contributed by atoms with Crippen LogP contribution in [-0.4, -0.2) is 37.0 Å². The minimum absolute atomic E-state index is 0.0823. The zero-order valence-corrected chi connectivity index (χ0v) is 13.6. The number of likely N-dealkylation sites (N-methyl/N-ethyl adjacent to an activating group) is 1. The van der Waals surface area contributed by atoms with Gasteiger partial charge in [-0.05, 0) is 29.8 Å². The standard InChI is InChI=1S/C18H21N3O3/c1-21(11-12-24-16-5-3-2-4-6-16)17(22)15-9-7-14(8-10-15)13-20-18(19)23/h2-10H,11-13H2,1H3,(H3,19,20,23). The van der Waals surface area contributed by atoms with E-state index in [1.54, 1.807) is 36.2 Å². The van der Waals surface area contributed by atoms with E-state index in [0.29, 0.717) is 25.3 Å². The zero-order chi connectivity index (χ0) is 17.4. The SMILES string of the molecule is CN(CCOc1ccccc1)C(=O)c1ccc(CNC(N)=O)cc1. The number of amides is 3. The molecule has 3 N–H and O–H groups in total. The molecule has 126 valence electrons. The predicted molar refractivity (Wildman–Crippen MR) is 91.8 cm³/mol. The number of benzene rings is 2. The molecule has 0 aliphatic carbocycles. The molecule has 6 heteroatoms. The maximum atomic E-state index is 12.3. The number of hydrogen-bond acceptors (Lipinski definition) is 3. The topological polar surface area (TPSA) is 84.7 Å². The van der Waals surface area contributed by atoms with E-state index in [4.69, 9.17) is 10.5 Å². The molecule has 0 unspecified atom stereocenters. The fraction of sp³-hybridized carbons (Fsp3) is 0.222. The first-order valence-electron chi connectivity index (χ1n) is 7.62. The van der Waals surface area contributed by atoms with Gasteiger partial charge in [0.05, 0.1) is 6.54 Å². The van der Waals surface area contributed by atoms with Crippen LogP contribution < -0.4 is 15.8 Å². The van der Waals surface area contributed by atoms with Gasteiger partial charge >= 0.3 is 6.03 Å². The van der Waals surface area contributed by atoms with Crippen molar-refractivity contribution in [3.8, 4) is 5.75 Å². The van der Waals surface area contributed by atoms with Crippen LogP contribution in [0.15, 0.2) is 54.6 Å². The molecule has 0 aromatic heterocycles. The van der Waals surface area contributed by atoms with Crippen molar-refractivity contribution in [3.63, 3.8) is 0 Å². The molecular formula is C18H21N3O3. The first kappa shape index (κ1) is 17.3. The average molecular weight is 327 g/mol. The fourth-order valence-corrected chi connectivity index (χ4v) is 2.09. The van der Waals surface area contributed by atoms with E-state index < -0.39 is 6.03 Å². The Bertz CT molecular complexity index is 672. The molecule has 0 aliphatic rings. The molecule has 2 aromatic carbocycles. The lowest BCUT2D eigenvalue weighted by Crippen LogP contribution is -2.31. The van der Waals surface area contributed by atoms with Gasteiger partial charge in [-0.1, -0.05) is 30.3 Å². The third-order valence-corrected chi connectivity index (χ3v) is 3.45. The molecule has 0 fully saturated rings. The lowest BCUT2D eigenvalue weighted by molar-refractivity contribution is 0.0773. The Morgan fingerprint density at radius 2 is 1.75 bits per heavy atom. The number of para-hydroxylation sites is 1. The Morgan fingerprint density at radius 1 is 1.08 bits per heavy atom. The quantitative estimate of drug-likeness (QED) is 0.816. The molecule has 0 saturated heterocycles. The van der Waals surface area contributed by atoms with Gasteiger partial charge < -0.3 is 20.7 Å². The number of rotatable bonds is 7. The van der Waals surface area contributed by atoms with Gasteiger partial charge in [0.2, 0.25) is 0 Å². The largest absolute Gasteiger partial charge is 0.492 e. The molecule has 6 nitrogen and oxygen atoms in total. The Balaban J connectivity index is 1.82. The van der Waals surface area contributed by atoms with Gasteiger partial charge in [-0.2, -0.15) is 0 Å². The van der Waals surface area contributed by atoms with Gasteiger partial charge in [0.1, 0.15) is 12.4 Å². The monoisotopic (exact) mass is 327 g/mol. The highest BCUT2D eigenvalue weighted by Crippen LogP contribution is 2.09. The zero-order valence-electron chi connectivity index (χ0n) is 13.6. The summed E-state index contributed by atoms with van der Waals surface area (Å²) in [6.07, 6.45) is 0. The average Bonchev–Trinajstić information content (AvgIpc) is 2.60. The summed E-state index contributed by atoms with van der Waals surface area (Å²) in [6.45, 7) is 1.25. The minimum atomic E-state index is -0.576. The maximum Gasteiger partial charge on any atom is 0.312 e. The lowest BCUT2D eigenvalue weighted by Gasteiger charge is -2.17. The first-order chi connectivity index (χ1) is 11.6. The second-order valence-electron chi connectivity index (χ2n) is 5.30. The first-order valence-corrected chi connectivity index (χ1v) is 7.62. The van der Waals surface area contributed by atoms with Crippen LogP contribution >= 0.6 is 0 Å². The van der Waals surface area contributed by atoms with E-state index in [1.165, 1.54) is 0 Å². The van der Waals surface area contributed by atoms with Gasteiger partial charge in [-0.15, -0.1) is 0 Å². The van der Waals surface area contributed by atoms with Crippen molar-refractivity contribution in [2.75, 3.05) is 20.2 Å². The second-order valence-corrected chi connectivity index (χ2v) is 5.30. The molecule has 0 saturated carbocycles. The highest BCUT2D eigenvalue weighted by atomic mass is 16.5. The van der Waals surface area contributed by atoms with Crippen LogP contribution in [-0.2, 0) is 6.54 Å². The van der Waals surface area contributed by atoms with Gasteiger partial charge in [-0.3, -0.25) is 4.79 Å². The van der Waals surface area contributed by atoms with E-state index >= 15 is 0 Å². The molecule has 0 atom stereocenters. The number of urea groups is 1. The smallest absolute Gasteiger partial charge is 0.312 e. The molecule has 2 aromatic rings. The summed E-state index contributed by atoms with van der Waals surface area (Å²) >= 11 is 0. The number of carbonyl (C=O) groups is 2. The van der Waals surface area contributed by atoms with Crippen molar-refractivity contribution in [1.82, 2.24) is 10.2 Å². The summed E-state index contributed by atoms with van der Waals surface area (Å²) in [5.41, 5.74) is 6.48. The van der Waals surface area contributed by atoms with E-state index in [1.807, 2.05) is 30.3 Å². The molecule has 2 rings (SSSR count). The molecule has 0 heterocycles. The summed E-state index contributed by atoms with van der Waals surface area (Å²) < 4.78 is 5.59. The van der Waals surface area contributed by atoms with E-state index in [9.17, 15) is 9.59 Å². The third kappa shape index (κ3) is 5.31. The Kier molecular flexibility index (Phi) is 6.19. The molecule has 0 radical (unpaired) electrons. The summed E-state index contributed by atoms with van der Waals surface area (Å²) in [4.78, 5) is 24.6. The van der Waals surface area contributed by atoms with Gasteiger partial charge in [0.15, 0.2) is 0 Å². The van der Waals surface area contributed by atoms with Gasteiger partial charge in [0, 0.05) is 19.2 Å². The maximum absolute atomic E-state index is 12.3. The number of primary amides is 1. The van der Waals surface area contributed by atoms with Crippen LogP contribution in [0.4, 0.5) is 4.79 Å². The van der Waals surface area contributed by atoms with Gasteiger partial charge in [0.25, 0.3) is 5.91 Å². The lowest BCUT2D eigenvalue weighted by atomic mass is 10.1. The Morgan fingerprint density at radius 3 is 2.38 bits per heavy atom. The van der Waals surface area contributed by atoms with Crippen LogP contribution in [0.1, 0.15) is 15.9 Å². The van der Waals surface area contributed by atoms with Crippen LogP contribution in [0.25, 0.3) is 0 Å². The molecule has 24 heavy (non-hydrogen) atoms. The summed E-state index contributed by atoms with van der Waals surface area (Å²) in [5, 5.41) is 2.50. The summed E-state index contributed by atoms with van der Waals surface area (Å²) in [6, 6.07) is 15.9. The molecular weight excluding hydrogens is 306 g/mol. The van der Waals surface area contributed by atoms with E-state index in [-0.39, 0.29) is 5.91 Å². The Hall–Kier alpha value is -3.02. The number of carbonyl (C=O) groups excluding carboxylic acids is 2. The van der Waals surface area contributed by atoms with E-state index in [2.05, 4.69) is 5.32 Å². The van der Waals surface area contributed by atoms with Crippen LogP contribution in [0, 0.1) is 0 Å². The van der Waals surface area contributed by atoms with Crippen LogP contribution in [0.5, 0.6) is 5.75 Å². The molecule has 0 spiro atoms. The normalized spacial score (nSPS) is 10.0. The predicted octanol–water partition coefficient (Wildman–Crippen LogP) is 2.01. The highest BCUT2D eigenvalue weighted by Gasteiger charge is 2.11. The van der Waals surface area contributed by atoms with Crippen LogP contribution in [0.3, 0.4) is 0 Å². The highest BCUT2D eigenvalue weighted by molar-refractivity contribution is 5.94. The third-order valence-electron chi connectivity index (χ3n) is 3.45. The number of nitrogens with one attached hydrogen (secondary N) is 1. The summed E-state index contributed by atoms with van der Waals surface area (Å²) in [5.74, 6) is 0.700. The van der Waals surface area contributed by atoms with Crippen molar-refractivity contribution < 1.29 is 14.3 Å². The second kappa shape index (κ2) is 8.57. The number of ether oxygens (including phenoxy) is 1. The van der Waals surface area contributed by atoms with E-state index in [0.717, 1.165) is 11.3 Å². The fourth-order valence-electron chi connectivity index (χ4n) is 2.09. The van der Waals surface area contributed by atoms with Crippen LogP contribution in [0.2, 0.25) is 0 Å². The van der Waals surface area contributed by atoms with Crippen molar-refractivity contribution in [2.24, 2.45) is 5.73 Å².